The molecule has 0 radical (unpaired) electrons. The second-order valence-corrected chi connectivity index (χ2v) is 5.68. The molecule has 0 amide bonds. The Bertz CT molecular complexity index is 621. The molecule has 0 unspecified atom stereocenters. The minimum Gasteiger partial charge on any atom is -0.292 e. The van der Waals surface area contributed by atoms with E-state index in [0.29, 0.717) is 12.1 Å². The highest BCUT2D eigenvalue weighted by atomic mass is 79.9. The van der Waals surface area contributed by atoms with Crippen LogP contribution in [0, 0.1) is 0 Å². The van der Waals surface area contributed by atoms with Gasteiger partial charge in [-0.1, -0.05) is 30.7 Å². The molecule has 0 spiro atoms. The van der Waals surface area contributed by atoms with Gasteiger partial charge in [-0.2, -0.15) is 0 Å². The molecule has 1 aromatic heterocycles. The molecule has 104 valence electrons. The van der Waals surface area contributed by atoms with E-state index in [0.717, 1.165) is 41.1 Å². The standard InChI is InChI=1S/C17H18BrNO/c1-2-3-4-5-6-11-16(20)17-14(18)12-13-9-7-8-10-15(13)19-17/h2,7-10,12H,1,3-6,11H2. The van der Waals surface area contributed by atoms with E-state index in [1.165, 1.54) is 0 Å². The number of hydrogen-bond acceptors (Lipinski definition) is 2. The van der Waals surface area contributed by atoms with E-state index in [-0.39, 0.29) is 5.78 Å². The Balaban J connectivity index is 2.05. The number of pyridine rings is 1. The number of carbonyl (C=O) groups is 1. The first kappa shape index (κ1) is 14.9. The molecule has 0 saturated carbocycles. The van der Waals surface area contributed by atoms with Crippen LogP contribution < -0.4 is 0 Å². The van der Waals surface area contributed by atoms with Crippen LogP contribution in [0.15, 0.2) is 47.5 Å². The molecule has 20 heavy (non-hydrogen) atoms. The van der Waals surface area contributed by atoms with Crippen LogP contribution in [-0.2, 0) is 0 Å². The third-order valence-electron chi connectivity index (χ3n) is 3.25. The maximum Gasteiger partial charge on any atom is 0.182 e. The number of rotatable bonds is 7. The van der Waals surface area contributed by atoms with Crippen LogP contribution in [0.3, 0.4) is 0 Å². The van der Waals surface area contributed by atoms with E-state index in [1.807, 2.05) is 36.4 Å². The summed E-state index contributed by atoms with van der Waals surface area (Å²) in [5.41, 5.74) is 1.41. The van der Waals surface area contributed by atoms with Crippen molar-refractivity contribution >= 4 is 32.6 Å². The molecule has 2 rings (SSSR count). The molecule has 2 nitrogen and oxygen atoms in total. The van der Waals surface area contributed by atoms with Crippen LogP contribution in [0.1, 0.15) is 42.6 Å². The Morgan fingerprint density at radius 1 is 1.25 bits per heavy atom. The first-order valence-corrected chi connectivity index (χ1v) is 7.71. The summed E-state index contributed by atoms with van der Waals surface area (Å²) in [6, 6.07) is 9.80. The van der Waals surface area contributed by atoms with Crippen LogP contribution in [0.2, 0.25) is 0 Å². The van der Waals surface area contributed by atoms with Gasteiger partial charge in [0, 0.05) is 16.3 Å². The number of carbonyl (C=O) groups excluding carboxylic acids is 1. The van der Waals surface area contributed by atoms with Crippen molar-refractivity contribution in [2.45, 2.75) is 32.1 Å². The van der Waals surface area contributed by atoms with Crippen molar-refractivity contribution in [3.63, 3.8) is 0 Å². The first-order valence-electron chi connectivity index (χ1n) is 6.92. The summed E-state index contributed by atoms with van der Waals surface area (Å²) in [5.74, 6) is 0.112. The number of halogens is 1. The number of nitrogens with zero attached hydrogens (tertiary/aromatic N) is 1. The zero-order valence-electron chi connectivity index (χ0n) is 11.4. The lowest BCUT2D eigenvalue weighted by atomic mass is 10.1. The molecule has 0 saturated heterocycles. The second-order valence-electron chi connectivity index (χ2n) is 4.82. The van der Waals surface area contributed by atoms with Gasteiger partial charge in [-0.05, 0) is 47.3 Å². The molecule has 0 aliphatic heterocycles. The molecule has 1 aromatic carbocycles. The van der Waals surface area contributed by atoms with E-state index in [9.17, 15) is 4.79 Å². The van der Waals surface area contributed by atoms with Gasteiger partial charge >= 0.3 is 0 Å². The summed E-state index contributed by atoms with van der Waals surface area (Å²) in [6.07, 6.45) is 6.57. The Labute approximate surface area is 128 Å². The topological polar surface area (TPSA) is 30.0 Å². The number of benzene rings is 1. The molecule has 0 atom stereocenters. The number of para-hydroxylation sites is 1. The number of Topliss-reactive ketones (excluding diaryl/α,β-unsaturated/α-hetero) is 1. The van der Waals surface area contributed by atoms with Gasteiger partial charge in [0.1, 0.15) is 5.69 Å². The van der Waals surface area contributed by atoms with E-state index in [1.54, 1.807) is 0 Å². The average Bonchev–Trinajstić information content (AvgIpc) is 2.46. The smallest absolute Gasteiger partial charge is 0.182 e. The van der Waals surface area contributed by atoms with E-state index in [4.69, 9.17) is 0 Å². The van der Waals surface area contributed by atoms with Crippen LogP contribution in [-0.4, -0.2) is 10.8 Å². The maximum absolute atomic E-state index is 12.2. The quantitative estimate of drug-likeness (QED) is 0.390. The van der Waals surface area contributed by atoms with Gasteiger partial charge in [-0.3, -0.25) is 4.79 Å². The molecular formula is C17H18BrNO. The third kappa shape index (κ3) is 3.76. The number of allylic oxidation sites excluding steroid dienone is 1. The SMILES string of the molecule is C=CCCCCCC(=O)c1nc2ccccc2cc1Br. The second kappa shape index (κ2) is 7.34. The molecule has 2 aromatic rings. The predicted molar refractivity (Wildman–Crippen MR) is 87.1 cm³/mol. The lowest BCUT2D eigenvalue weighted by molar-refractivity contribution is 0.0974. The Morgan fingerprint density at radius 3 is 2.85 bits per heavy atom. The number of ketones is 1. The van der Waals surface area contributed by atoms with Gasteiger partial charge < -0.3 is 0 Å². The van der Waals surface area contributed by atoms with Crippen LogP contribution in [0.4, 0.5) is 0 Å². The summed E-state index contributed by atoms with van der Waals surface area (Å²) in [5, 5.41) is 1.04. The highest BCUT2D eigenvalue weighted by molar-refractivity contribution is 9.10. The minimum atomic E-state index is 0.112. The predicted octanol–water partition coefficient (Wildman–Crippen LogP) is 5.32. The molecular weight excluding hydrogens is 314 g/mol. The highest BCUT2D eigenvalue weighted by Gasteiger charge is 2.12. The molecule has 0 bridgehead atoms. The van der Waals surface area contributed by atoms with Gasteiger partial charge in [-0.15, -0.1) is 6.58 Å². The van der Waals surface area contributed by atoms with Crippen LogP contribution in [0.5, 0.6) is 0 Å². The fraction of sp³-hybridized carbons (Fsp3) is 0.294. The Hall–Kier alpha value is -1.48. The minimum absolute atomic E-state index is 0.112. The van der Waals surface area contributed by atoms with Gasteiger partial charge in [0.05, 0.1) is 5.52 Å². The Kier molecular flexibility index (Phi) is 5.48. The average molecular weight is 332 g/mol. The van der Waals surface area contributed by atoms with Crippen molar-refractivity contribution in [1.29, 1.82) is 0 Å². The molecule has 0 N–H and O–H groups in total. The van der Waals surface area contributed by atoms with Crippen molar-refractivity contribution in [1.82, 2.24) is 4.98 Å². The molecule has 0 aliphatic carbocycles. The van der Waals surface area contributed by atoms with Crippen molar-refractivity contribution in [3.05, 3.63) is 53.2 Å². The van der Waals surface area contributed by atoms with Crippen molar-refractivity contribution in [2.24, 2.45) is 0 Å². The highest BCUT2D eigenvalue weighted by Crippen LogP contribution is 2.23. The summed E-state index contributed by atoms with van der Waals surface area (Å²) < 4.78 is 0.785. The van der Waals surface area contributed by atoms with Gasteiger partial charge in [0.15, 0.2) is 5.78 Å². The molecule has 3 heteroatoms. The largest absolute Gasteiger partial charge is 0.292 e. The number of fused-ring (bicyclic) bond motifs is 1. The Morgan fingerprint density at radius 2 is 2.05 bits per heavy atom. The number of aromatic nitrogens is 1. The molecule has 0 fully saturated rings. The fourth-order valence-electron chi connectivity index (χ4n) is 2.16. The first-order chi connectivity index (χ1) is 9.72. The lowest BCUT2D eigenvalue weighted by Gasteiger charge is -2.05. The monoisotopic (exact) mass is 331 g/mol. The van der Waals surface area contributed by atoms with Gasteiger partial charge in [0.2, 0.25) is 0 Å². The zero-order chi connectivity index (χ0) is 14.4. The van der Waals surface area contributed by atoms with E-state index < -0.39 is 0 Å². The van der Waals surface area contributed by atoms with Crippen LogP contribution in [0.25, 0.3) is 10.9 Å². The van der Waals surface area contributed by atoms with Crippen molar-refractivity contribution in [2.75, 3.05) is 0 Å². The molecule has 1 heterocycles. The normalized spacial score (nSPS) is 10.7. The fourth-order valence-corrected chi connectivity index (χ4v) is 2.71. The van der Waals surface area contributed by atoms with Crippen LogP contribution >= 0.6 is 15.9 Å². The number of hydrogen-bond donors (Lipinski definition) is 0. The van der Waals surface area contributed by atoms with Gasteiger partial charge in [-0.25, -0.2) is 4.98 Å². The summed E-state index contributed by atoms with van der Waals surface area (Å²) in [7, 11) is 0. The zero-order valence-corrected chi connectivity index (χ0v) is 13.0. The summed E-state index contributed by atoms with van der Waals surface area (Å²) >= 11 is 3.46. The summed E-state index contributed by atoms with van der Waals surface area (Å²) in [4.78, 5) is 16.7. The summed E-state index contributed by atoms with van der Waals surface area (Å²) in [6.45, 7) is 3.70. The van der Waals surface area contributed by atoms with Gasteiger partial charge in [0.25, 0.3) is 0 Å². The van der Waals surface area contributed by atoms with E-state index >= 15 is 0 Å². The van der Waals surface area contributed by atoms with Crippen molar-refractivity contribution < 1.29 is 4.79 Å². The van der Waals surface area contributed by atoms with E-state index in [2.05, 4.69) is 27.5 Å². The van der Waals surface area contributed by atoms with Crippen molar-refractivity contribution in [3.8, 4) is 0 Å². The lowest BCUT2D eigenvalue weighted by Crippen LogP contribution is -2.03. The maximum atomic E-state index is 12.2. The number of unbranched alkanes of at least 4 members (excludes halogenated alkanes) is 3. The third-order valence-corrected chi connectivity index (χ3v) is 3.86. The molecule has 0 aliphatic rings.